The number of nitrogens with zero attached hydrogens (tertiary/aromatic N) is 2. The molecule has 0 atom stereocenters. The smallest absolute Gasteiger partial charge is 0.227 e. The summed E-state index contributed by atoms with van der Waals surface area (Å²) in [4.78, 5) is 16.3. The normalized spacial score (nSPS) is 10.6. The van der Waals surface area contributed by atoms with Crippen LogP contribution >= 0.6 is 11.6 Å². The Morgan fingerprint density at radius 3 is 2.85 bits per heavy atom. The molecule has 27 heavy (non-hydrogen) atoms. The number of hydrogen-bond acceptors (Lipinski definition) is 5. The first kappa shape index (κ1) is 18.9. The Morgan fingerprint density at radius 1 is 1.19 bits per heavy atom. The highest BCUT2D eigenvalue weighted by molar-refractivity contribution is 6.30. The van der Waals surface area contributed by atoms with Gasteiger partial charge in [-0.25, -0.2) is 0 Å². The van der Waals surface area contributed by atoms with Crippen molar-refractivity contribution >= 4 is 17.5 Å². The zero-order chi connectivity index (χ0) is 19.1. The van der Waals surface area contributed by atoms with Crippen LogP contribution in [0.25, 0.3) is 11.4 Å². The van der Waals surface area contributed by atoms with Crippen molar-refractivity contribution in [2.45, 2.75) is 19.3 Å². The standard InChI is InChI=1S/C20H20ClN3O3/c1-26-17-8-3-2-7-16(17)20-23-19(27-24-20)10-9-18(25)22-12-11-14-5-4-6-15(21)13-14/h2-8,13H,9-12H2,1H3,(H,22,25). The zero-order valence-corrected chi connectivity index (χ0v) is 15.7. The van der Waals surface area contributed by atoms with Gasteiger partial charge in [-0.05, 0) is 36.2 Å². The number of rotatable bonds is 8. The molecule has 7 heteroatoms. The number of para-hydroxylation sites is 1. The van der Waals surface area contributed by atoms with E-state index in [1.165, 1.54) is 0 Å². The highest BCUT2D eigenvalue weighted by atomic mass is 35.5. The molecular weight excluding hydrogens is 366 g/mol. The number of carbonyl (C=O) groups excluding carboxylic acids is 1. The largest absolute Gasteiger partial charge is 0.496 e. The van der Waals surface area contributed by atoms with Crippen molar-refractivity contribution < 1.29 is 14.1 Å². The third kappa shape index (κ3) is 5.31. The van der Waals surface area contributed by atoms with E-state index in [9.17, 15) is 4.79 Å². The first-order valence-electron chi connectivity index (χ1n) is 8.63. The van der Waals surface area contributed by atoms with Crippen LogP contribution in [0.5, 0.6) is 5.75 Å². The second kappa shape index (κ2) is 9.19. The van der Waals surface area contributed by atoms with Gasteiger partial charge < -0.3 is 14.6 Å². The molecule has 0 fully saturated rings. The Labute approximate surface area is 162 Å². The number of aryl methyl sites for hydroxylation is 1. The van der Waals surface area contributed by atoms with E-state index in [1.807, 2.05) is 48.5 Å². The van der Waals surface area contributed by atoms with Crippen molar-refractivity contribution in [1.82, 2.24) is 15.5 Å². The Hall–Kier alpha value is -2.86. The first-order chi connectivity index (χ1) is 13.2. The van der Waals surface area contributed by atoms with Gasteiger partial charge in [0.15, 0.2) is 0 Å². The lowest BCUT2D eigenvalue weighted by Gasteiger charge is -2.05. The lowest BCUT2D eigenvalue weighted by atomic mass is 10.1. The molecule has 6 nitrogen and oxygen atoms in total. The molecule has 140 valence electrons. The summed E-state index contributed by atoms with van der Waals surface area (Å²) in [5.41, 5.74) is 1.84. The van der Waals surface area contributed by atoms with Gasteiger partial charge in [0, 0.05) is 24.4 Å². The maximum atomic E-state index is 12.0. The number of benzene rings is 2. The fraction of sp³-hybridized carbons (Fsp3) is 0.250. The van der Waals surface area contributed by atoms with Crippen molar-refractivity contribution in [3.8, 4) is 17.1 Å². The van der Waals surface area contributed by atoms with Crippen molar-refractivity contribution in [1.29, 1.82) is 0 Å². The molecule has 1 N–H and O–H groups in total. The van der Waals surface area contributed by atoms with Gasteiger partial charge in [0.1, 0.15) is 5.75 Å². The van der Waals surface area contributed by atoms with Crippen LogP contribution in [-0.2, 0) is 17.6 Å². The number of amides is 1. The summed E-state index contributed by atoms with van der Waals surface area (Å²) in [5, 5.41) is 7.55. The molecule has 0 saturated carbocycles. The van der Waals surface area contributed by atoms with Crippen molar-refractivity contribution in [3.63, 3.8) is 0 Å². The predicted molar refractivity (Wildman–Crippen MR) is 103 cm³/mol. The Kier molecular flexibility index (Phi) is 6.44. The summed E-state index contributed by atoms with van der Waals surface area (Å²) in [6, 6.07) is 15.0. The summed E-state index contributed by atoms with van der Waals surface area (Å²) < 4.78 is 10.5. The molecule has 0 aliphatic carbocycles. The number of ether oxygens (including phenoxy) is 1. The highest BCUT2D eigenvalue weighted by Crippen LogP contribution is 2.27. The molecule has 0 aliphatic rings. The average Bonchev–Trinajstić information content (AvgIpc) is 3.15. The van der Waals surface area contributed by atoms with Gasteiger partial charge in [-0.3, -0.25) is 4.79 Å². The van der Waals surface area contributed by atoms with E-state index in [0.29, 0.717) is 35.5 Å². The van der Waals surface area contributed by atoms with Gasteiger partial charge in [0.2, 0.25) is 17.6 Å². The fourth-order valence-corrected chi connectivity index (χ4v) is 2.86. The summed E-state index contributed by atoms with van der Waals surface area (Å²) >= 11 is 5.95. The van der Waals surface area contributed by atoms with Gasteiger partial charge in [-0.1, -0.05) is 41.0 Å². The number of carbonyl (C=O) groups is 1. The summed E-state index contributed by atoms with van der Waals surface area (Å²) in [5.74, 6) is 1.47. The molecule has 1 heterocycles. The minimum absolute atomic E-state index is 0.0610. The van der Waals surface area contributed by atoms with E-state index >= 15 is 0 Å². The van der Waals surface area contributed by atoms with Crippen LogP contribution in [0.1, 0.15) is 17.9 Å². The predicted octanol–water partition coefficient (Wildman–Crippen LogP) is 3.69. The Bertz CT molecular complexity index is 911. The Morgan fingerprint density at radius 2 is 2.04 bits per heavy atom. The van der Waals surface area contributed by atoms with Crippen LogP contribution in [0, 0.1) is 0 Å². The Balaban J connectivity index is 1.47. The van der Waals surface area contributed by atoms with Crippen LogP contribution in [-0.4, -0.2) is 29.7 Å². The first-order valence-corrected chi connectivity index (χ1v) is 9.00. The monoisotopic (exact) mass is 385 g/mol. The minimum Gasteiger partial charge on any atom is -0.496 e. The maximum absolute atomic E-state index is 12.0. The lowest BCUT2D eigenvalue weighted by Crippen LogP contribution is -2.25. The van der Waals surface area contributed by atoms with Gasteiger partial charge >= 0.3 is 0 Å². The molecule has 0 spiro atoms. The summed E-state index contributed by atoms with van der Waals surface area (Å²) in [6.45, 7) is 0.551. The van der Waals surface area contributed by atoms with Gasteiger partial charge in [0.25, 0.3) is 0 Å². The fourth-order valence-electron chi connectivity index (χ4n) is 2.64. The van der Waals surface area contributed by atoms with Crippen LogP contribution in [0.3, 0.4) is 0 Å². The third-order valence-electron chi connectivity index (χ3n) is 4.01. The number of aromatic nitrogens is 2. The molecule has 1 amide bonds. The SMILES string of the molecule is COc1ccccc1-c1noc(CCC(=O)NCCc2cccc(Cl)c2)n1. The third-order valence-corrected chi connectivity index (χ3v) is 4.24. The van der Waals surface area contributed by atoms with Crippen LogP contribution in [0.2, 0.25) is 5.02 Å². The number of nitrogens with one attached hydrogen (secondary N) is 1. The van der Waals surface area contributed by atoms with E-state index in [0.717, 1.165) is 17.5 Å². The highest BCUT2D eigenvalue weighted by Gasteiger charge is 2.13. The molecule has 3 aromatic rings. The molecule has 3 rings (SSSR count). The summed E-state index contributed by atoms with van der Waals surface area (Å²) in [6.07, 6.45) is 1.39. The quantitative estimate of drug-likeness (QED) is 0.639. The molecule has 1 aromatic heterocycles. The van der Waals surface area contributed by atoms with Gasteiger partial charge in [-0.2, -0.15) is 4.98 Å². The van der Waals surface area contributed by atoms with Gasteiger partial charge in [0.05, 0.1) is 12.7 Å². The molecule has 2 aromatic carbocycles. The van der Waals surface area contributed by atoms with E-state index < -0.39 is 0 Å². The van der Waals surface area contributed by atoms with Crippen LogP contribution < -0.4 is 10.1 Å². The van der Waals surface area contributed by atoms with Crippen molar-refractivity contribution in [3.05, 3.63) is 65.0 Å². The van der Waals surface area contributed by atoms with E-state index in [2.05, 4.69) is 15.5 Å². The van der Waals surface area contributed by atoms with Crippen molar-refractivity contribution in [2.75, 3.05) is 13.7 Å². The molecular formula is C20H20ClN3O3. The molecule has 0 unspecified atom stereocenters. The average molecular weight is 386 g/mol. The van der Waals surface area contributed by atoms with Crippen molar-refractivity contribution in [2.24, 2.45) is 0 Å². The van der Waals surface area contributed by atoms with E-state index in [1.54, 1.807) is 7.11 Å². The number of halogens is 1. The van der Waals surface area contributed by atoms with E-state index in [-0.39, 0.29) is 12.3 Å². The zero-order valence-electron chi connectivity index (χ0n) is 14.9. The topological polar surface area (TPSA) is 77.2 Å². The summed E-state index contributed by atoms with van der Waals surface area (Å²) in [7, 11) is 1.59. The number of hydrogen-bond donors (Lipinski definition) is 1. The van der Waals surface area contributed by atoms with E-state index in [4.69, 9.17) is 20.9 Å². The number of methoxy groups -OCH3 is 1. The van der Waals surface area contributed by atoms with Crippen LogP contribution in [0.15, 0.2) is 53.1 Å². The minimum atomic E-state index is -0.0610. The van der Waals surface area contributed by atoms with Crippen LogP contribution in [0.4, 0.5) is 0 Å². The molecule has 0 bridgehead atoms. The second-order valence-electron chi connectivity index (χ2n) is 5.94. The molecule has 0 radical (unpaired) electrons. The maximum Gasteiger partial charge on any atom is 0.227 e. The second-order valence-corrected chi connectivity index (χ2v) is 6.38. The molecule has 0 aliphatic heterocycles. The lowest BCUT2D eigenvalue weighted by molar-refractivity contribution is -0.121. The molecule has 0 saturated heterocycles. The van der Waals surface area contributed by atoms with Gasteiger partial charge in [-0.15, -0.1) is 0 Å².